The lowest BCUT2D eigenvalue weighted by Crippen LogP contribution is -2.41. The largest absolute Gasteiger partial charge is 0.444 e. The van der Waals surface area contributed by atoms with Crippen molar-refractivity contribution in [1.82, 2.24) is 19.6 Å². The van der Waals surface area contributed by atoms with Crippen molar-refractivity contribution in [2.45, 2.75) is 51.7 Å². The van der Waals surface area contributed by atoms with Crippen LogP contribution in [0.25, 0.3) is 5.65 Å². The molecular weight excluding hydrogens is 418 g/mol. The molecule has 3 heterocycles. The molecule has 0 unspecified atom stereocenters. The van der Waals surface area contributed by atoms with E-state index in [1.165, 1.54) is 5.56 Å². The van der Waals surface area contributed by atoms with E-state index in [9.17, 15) is 9.59 Å². The number of amides is 3. The third-order valence-electron chi connectivity index (χ3n) is 5.70. The van der Waals surface area contributed by atoms with Gasteiger partial charge >= 0.3 is 12.1 Å². The molecule has 2 N–H and O–H groups in total. The van der Waals surface area contributed by atoms with Gasteiger partial charge in [0.15, 0.2) is 0 Å². The molecule has 1 saturated heterocycles. The van der Waals surface area contributed by atoms with Crippen LogP contribution < -0.4 is 10.6 Å². The van der Waals surface area contributed by atoms with Crippen LogP contribution in [0, 0.1) is 0 Å². The van der Waals surface area contributed by atoms with Crippen LogP contribution in [0.3, 0.4) is 0 Å². The van der Waals surface area contributed by atoms with Crippen LogP contribution in [-0.2, 0) is 11.3 Å². The Hall–Kier alpha value is -3.55. The molecule has 33 heavy (non-hydrogen) atoms. The second-order valence-corrected chi connectivity index (χ2v) is 9.40. The first-order chi connectivity index (χ1) is 15.8. The molecule has 0 radical (unpaired) electrons. The predicted molar refractivity (Wildman–Crippen MR) is 127 cm³/mol. The number of hydrogen-bond acceptors (Lipinski definition) is 4. The fourth-order valence-corrected chi connectivity index (χ4v) is 3.98. The van der Waals surface area contributed by atoms with Gasteiger partial charge in [0.2, 0.25) is 0 Å². The quantitative estimate of drug-likeness (QED) is 0.601. The topological polar surface area (TPSA) is 88.0 Å². The summed E-state index contributed by atoms with van der Waals surface area (Å²) in [7, 11) is 0. The monoisotopic (exact) mass is 449 g/mol. The van der Waals surface area contributed by atoms with E-state index >= 15 is 0 Å². The molecule has 1 fully saturated rings. The minimum atomic E-state index is -0.476. The van der Waals surface area contributed by atoms with Crippen LogP contribution in [-0.4, -0.2) is 45.1 Å². The molecule has 0 aliphatic carbocycles. The Bertz CT molecular complexity index is 1110. The summed E-state index contributed by atoms with van der Waals surface area (Å²) in [6, 6.07) is 11.6. The van der Waals surface area contributed by atoms with Gasteiger partial charge in [-0.25, -0.2) is 14.6 Å². The first-order valence-corrected chi connectivity index (χ1v) is 11.3. The molecule has 0 spiro atoms. The number of benzene rings is 1. The number of pyridine rings is 1. The van der Waals surface area contributed by atoms with Gasteiger partial charge in [-0.1, -0.05) is 12.1 Å². The van der Waals surface area contributed by atoms with E-state index in [-0.39, 0.29) is 12.1 Å². The smallest absolute Gasteiger partial charge is 0.410 e. The van der Waals surface area contributed by atoms with Gasteiger partial charge in [-0.2, -0.15) is 0 Å². The van der Waals surface area contributed by atoms with Crippen LogP contribution >= 0.6 is 0 Å². The van der Waals surface area contributed by atoms with Crippen molar-refractivity contribution < 1.29 is 14.3 Å². The van der Waals surface area contributed by atoms with Gasteiger partial charge in [-0.15, -0.1) is 0 Å². The number of nitrogens with one attached hydrogen (secondary N) is 2. The summed E-state index contributed by atoms with van der Waals surface area (Å²) in [5.74, 6) is 0.393. The number of carbonyl (C=O) groups excluding carboxylic acids is 2. The Morgan fingerprint density at radius 3 is 2.52 bits per heavy atom. The number of likely N-dealkylation sites (tertiary alicyclic amines) is 1. The molecule has 2 aromatic heterocycles. The van der Waals surface area contributed by atoms with E-state index in [4.69, 9.17) is 4.74 Å². The number of rotatable bonds is 4. The Kier molecular flexibility index (Phi) is 6.53. The number of hydrogen-bond donors (Lipinski definition) is 2. The number of urea groups is 1. The normalized spacial score (nSPS) is 14.8. The SMILES string of the molecule is CC(C)(C)OC(=O)N1CCC(c2ccc(NC(=O)NCc3ccn4ccnc4c3)cc2)CC1. The van der Waals surface area contributed by atoms with Crippen LogP contribution in [0.4, 0.5) is 15.3 Å². The predicted octanol–water partition coefficient (Wildman–Crippen LogP) is 4.77. The molecule has 4 rings (SSSR count). The molecule has 3 aromatic rings. The minimum absolute atomic E-state index is 0.240. The summed E-state index contributed by atoms with van der Waals surface area (Å²) in [6.45, 7) is 7.44. The van der Waals surface area contributed by atoms with Crippen molar-refractivity contribution in [2.75, 3.05) is 18.4 Å². The molecule has 0 saturated carbocycles. The number of imidazole rings is 1. The molecule has 1 aliphatic rings. The Morgan fingerprint density at radius 2 is 1.82 bits per heavy atom. The summed E-state index contributed by atoms with van der Waals surface area (Å²) < 4.78 is 7.39. The number of ether oxygens (including phenoxy) is 1. The number of piperidine rings is 1. The van der Waals surface area contributed by atoms with Gasteiger partial charge in [-0.05, 0) is 74.9 Å². The maximum atomic E-state index is 12.3. The molecule has 8 nitrogen and oxygen atoms in total. The first kappa shape index (κ1) is 22.6. The molecule has 0 atom stereocenters. The van der Waals surface area contributed by atoms with Crippen molar-refractivity contribution in [3.63, 3.8) is 0 Å². The average Bonchev–Trinajstić information content (AvgIpc) is 3.25. The fourth-order valence-electron chi connectivity index (χ4n) is 3.98. The summed E-state index contributed by atoms with van der Waals surface area (Å²) in [6.07, 6.45) is 7.10. The summed E-state index contributed by atoms with van der Waals surface area (Å²) in [4.78, 5) is 30.6. The van der Waals surface area contributed by atoms with E-state index in [2.05, 4.69) is 27.8 Å². The highest BCUT2D eigenvalue weighted by atomic mass is 16.6. The lowest BCUT2D eigenvalue weighted by Gasteiger charge is -2.33. The number of nitrogens with zero attached hydrogens (tertiary/aromatic N) is 3. The van der Waals surface area contributed by atoms with Gasteiger partial charge in [-0.3, -0.25) is 0 Å². The molecule has 174 valence electrons. The second kappa shape index (κ2) is 9.52. The first-order valence-electron chi connectivity index (χ1n) is 11.3. The highest BCUT2D eigenvalue weighted by Crippen LogP contribution is 2.29. The fraction of sp³-hybridized carbons (Fsp3) is 0.400. The Labute approximate surface area is 193 Å². The Morgan fingerprint density at radius 1 is 1.09 bits per heavy atom. The van der Waals surface area contributed by atoms with Gasteiger partial charge < -0.3 is 24.7 Å². The van der Waals surface area contributed by atoms with Gasteiger partial charge in [0, 0.05) is 43.9 Å². The highest BCUT2D eigenvalue weighted by molar-refractivity contribution is 5.89. The van der Waals surface area contributed by atoms with Crippen LogP contribution in [0.5, 0.6) is 0 Å². The lowest BCUT2D eigenvalue weighted by molar-refractivity contribution is 0.0205. The molecule has 1 aromatic carbocycles. The number of aromatic nitrogens is 2. The zero-order valence-electron chi connectivity index (χ0n) is 19.4. The van der Waals surface area contributed by atoms with Crippen molar-refractivity contribution >= 4 is 23.5 Å². The second-order valence-electron chi connectivity index (χ2n) is 9.40. The number of carbonyl (C=O) groups is 2. The maximum Gasteiger partial charge on any atom is 0.410 e. The molecule has 0 bridgehead atoms. The average molecular weight is 450 g/mol. The van der Waals surface area contributed by atoms with Gasteiger partial charge in [0.05, 0.1) is 0 Å². The van der Waals surface area contributed by atoms with E-state index in [1.54, 1.807) is 11.1 Å². The van der Waals surface area contributed by atoms with Crippen LogP contribution in [0.2, 0.25) is 0 Å². The van der Waals surface area contributed by atoms with Crippen molar-refractivity contribution in [1.29, 1.82) is 0 Å². The summed E-state index contributed by atoms with van der Waals surface area (Å²) >= 11 is 0. The van der Waals surface area contributed by atoms with Gasteiger partial charge in [0.25, 0.3) is 0 Å². The van der Waals surface area contributed by atoms with Crippen molar-refractivity contribution in [3.05, 3.63) is 66.1 Å². The number of fused-ring (bicyclic) bond motifs is 1. The zero-order valence-corrected chi connectivity index (χ0v) is 19.4. The highest BCUT2D eigenvalue weighted by Gasteiger charge is 2.27. The maximum absolute atomic E-state index is 12.3. The summed E-state index contributed by atoms with van der Waals surface area (Å²) in [5, 5.41) is 5.76. The zero-order chi connectivity index (χ0) is 23.4. The van der Waals surface area contributed by atoms with E-state index < -0.39 is 5.60 Å². The van der Waals surface area contributed by atoms with Crippen LogP contribution in [0.1, 0.15) is 50.7 Å². The van der Waals surface area contributed by atoms with Crippen LogP contribution in [0.15, 0.2) is 55.0 Å². The van der Waals surface area contributed by atoms with Crippen molar-refractivity contribution in [3.8, 4) is 0 Å². The minimum Gasteiger partial charge on any atom is -0.444 e. The lowest BCUT2D eigenvalue weighted by atomic mass is 9.89. The molecule has 8 heteroatoms. The van der Waals surface area contributed by atoms with Gasteiger partial charge in [0.1, 0.15) is 11.2 Å². The third kappa shape index (κ3) is 6.03. The van der Waals surface area contributed by atoms with E-state index in [1.807, 2.05) is 61.8 Å². The number of anilines is 1. The van der Waals surface area contributed by atoms with E-state index in [0.29, 0.717) is 25.6 Å². The molecule has 3 amide bonds. The van der Waals surface area contributed by atoms with Crippen molar-refractivity contribution in [2.24, 2.45) is 0 Å². The molecule has 1 aliphatic heterocycles. The Balaban J connectivity index is 1.24. The molecular formula is C25H31N5O3. The third-order valence-corrected chi connectivity index (χ3v) is 5.70. The summed E-state index contributed by atoms with van der Waals surface area (Å²) in [5.41, 5.74) is 3.32. The van der Waals surface area contributed by atoms with E-state index in [0.717, 1.165) is 29.7 Å². The standard InChI is InChI=1S/C25H31N5O3/c1-25(2,3)33-24(32)30-13-9-20(10-14-30)19-4-6-21(7-5-19)28-23(31)27-17-18-8-12-29-15-11-26-22(29)16-18/h4-8,11-12,15-16,20H,9-10,13-14,17H2,1-3H3,(H2,27,28,31).